The third kappa shape index (κ3) is 4.36. The van der Waals surface area contributed by atoms with Gasteiger partial charge in [0.2, 0.25) is 0 Å². The molecular formula is C26H33N3O3. The van der Waals surface area contributed by atoms with Crippen LogP contribution in [0.2, 0.25) is 0 Å². The number of likely N-dealkylation sites (tertiary alicyclic amines) is 1. The predicted octanol–water partition coefficient (Wildman–Crippen LogP) is 4.89. The van der Waals surface area contributed by atoms with Gasteiger partial charge in [0.15, 0.2) is 17.4 Å². The number of ether oxygens (including phenoxy) is 1. The molecule has 2 aromatic rings. The first-order valence-corrected chi connectivity index (χ1v) is 11.8. The van der Waals surface area contributed by atoms with E-state index in [1.807, 2.05) is 36.9 Å². The second kappa shape index (κ2) is 9.31. The summed E-state index contributed by atoms with van der Waals surface area (Å²) in [7, 11) is 0. The maximum absolute atomic E-state index is 13.0. The van der Waals surface area contributed by atoms with Gasteiger partial charge in [0.05, 0.1) is 12.1 Å². The summed E-state index contributed by atoms with van der Waals surface area (Å²) >= 11 is 0. The van der Waals surface area contributed by atoms with Gasteiger partial charge in [-0.3, -0.25) is 9.59 Å². The van der Waals surface area contributed by atoms with Gasteiger partial charge in [0, 0.05) is 36.5 Å². The zero-order chi connectivity index (χ0) is 22.8. The number of anilines is 2. The van der Waals surface area contributed by atoms with Crippen LogP contribution in [0.15, 0.2) is 30.5 Å². The first-order valence-electron chi connectivity index (χ1n) is 11.8. The molecule has 0 saturated carbocycles. The van der Waals surface area contributed by atoms with Crippen LogP contribution in [0.4, 0.5) is 11.5 Å². The molecule has 1 saturated heterocycles. The molecule has 0 atom stereocenters. The molecule has 1 amide bonds. The van der Waals surface area contributed by atoms with Gasteiger partial charge < -0.3 is 14.5 Å². The van der Waals surface area contributed by atoms with Crippen molar-refractivity contribution in [1.29, 1.82) is 0 Å². The molecule has 2 aliphatic rings. The van der Waals surface area contributed by atoms with Crippen molar-refractivity contribution >= 4 is 23.2 Å². The molecule has 0 bridgehead atoms. The molecule has 0 unspecified atom stereocenters. The van der Waals surface area contributed by atoms with Gasteiger partial charge in [-0.25, -0.2) is 4.98 Å². The fraction of sp³-hybridized carbons (Fsp3) is 0.500. The maximum Gasteiger partial charge on any atom is 0.255 e. The number of nitrogens with zero attached hydrogens (tertiary/aromatic N) is 3. The van der Waals surface area contributed by atoms with Crippen molar-refractivity contribution in [1.82, 2.24) is 9.88 Å². The van der Waals surface area contributed by atoms with Gasteiger partial charge in [-0.1, -0.05) is 27.7 Å². The molecule has 0 N–H and O–H groups in total. The number of benzene rings is 1. The third-order valence-corrected chi connectivity index (χ3v) is 6.55. The highest BCUT2D eigenvalue weighted by Gasteiger charge is 2.26. The smallest absolute Gasteiger partial charge is 0.255 e. The summed E-state index contributed by atoms with van der Waals surface area (Å²) in [6, 6.07) is 7.83. The van der Waals surface area contributed by atoms with Crippen molar-refractivity contribution in [3.63, 3.8) is 0 Å². The standard InChI is InChI=1S/C26H33N3O3/c1-5-19-14-21(6-7-22(19)24(30)17(2)3)29-12-13-32-23-15-20(16-27-25(23)29)26(31)28-10-8-18(4)9-11-28/h6-7,14-18H,5,8-13H2,1-4H3. The fourth-order valence-corrected chi connectivity index (χ4v) is 4.45. The molecule has 1 aromatic carbocycles. The average Bonchev–Trinajstić information content (AvgIpc) is 2.82. The van der Waals surface area contributed by atoms with Crippen LogP contribution in [0, 0.1) is 11.8 Å². The number of aryl methyl sites for hydroxylation is 1. The summed E-state index contributed by atoms with van der Waals surface area (Å²) in [5.74, 6) is 2.18. The van der Waals surface area contributed by atoms with E-state index >= 15 is 0 Å². The lowest BCUT2D eigenvalue weighted by Crippen LogP contribution is -2.38. The van der Waals surface area contributed by atoms with E-state index in [2.05, 4.69) is 29.8 Å². The molecular weight excluding hydrogens is 402 g/mol. The molecule has 0 spiro atoms. The monoisotopic (exact) mass is 435 g/mol. The van der Waals surface area contributed by atoms with Gasteiger partial charge in [-0.05, 0) is 55.0 Å². The first-order chi connectivity index (χ1) is 15.4. The molecule has 3 heterocycles. The number of carbonyl (C=O) groups is 2. The quantitative estimate of drug-likeness (QED) is 0.626. The van der Waals surface area contributed by atoms with E-state index in [9.17, 15) is 9.59 Å². The number of amides is 1. The van der Waals surface area contributed by atoms with Crippen LogP contribution in [0.3, 0.4) is 0 Å². The maximum atomic E-state index is 13.0. The van der Waals surface area contributed by atoms with Gasteiger partial charge in [-0.2, -0.15) is 0 Å². The van der Waals surface area contributed by atoms with Crippen LogP contribution in [0.5, 0.6) is 5.75 Å². The SMILES string of the molecule is CCc1cc(N2CCOc3cc(C(=O)N4CCC(C)CC4)cnc32)ccc1C(=O)C(C)C. The molecule has 6 heteroatoms. The van der Waals surface area contributed by atoms with Crippen LogP contribution >= 0.6 is 0 Å². The zero-order valence-electron chi connectivity index (χ0n) is 19.6. The summed E-state index contributed by atoms with van der Waals surface area (Å²) in [5.41, 5.74) is 3.40. The molecule has 32 heavy (non-hydrogen) atoms. The number of hydrogen-bond donors (Lipinski definition) is 0. The summed E-state index contributed by atoms with van der Waals surface area (Å²) in [6.07, 6.45) is 4.54. The Morgan fingerprint density at radius 2 is 1.91 bits per heavy atom. The van der Waals surface area contributed by atoms with Gasteiger partial charge in [-0.15, -0.1) is 0 Å². The summed E-state index contributed by atoms with van der Waals surface area (Å²) in [6.45, 7) is 10.9. The largest absolute Gasteiger partial charge is 0.488 e. The minimum absolute atomic E-state index is 0.0257. The Morgan fingerprint density at radius 1 is 1.16 bits per heavy atom. The number of Topliss-reactive ketones (excluding diaryl/α,β-unsaturated/α-hetero) is 1. The second-order valence-corrected chi connectivity index (χ2v) is 9.23. The Labute approximate surface area is 190 Å². The highest BCUT2D eigenvalue weighted by Crippen LogP contribution is 2.36. The van der Waals surface area contributed by atoms with Gasteiger partial charge in [0.1, 0.15) is 6.61 Å². The van der Waals surface area contributed by atoms with E-state index in [0.717, 1.165) is 49.2 Å². The Balaban J connectivity index is 1.60. The van der Waals surface area contributed by atoms with Crippen molar-refractivity contribution in [2.24, 2.45) is 11.8 Å². The fourth-order valence-electron chi connectivity index (χ4n) is 4.45. The molecule has 4 rings (SSSR count). The number of pyridine rings is 1. The normalized spacial score (nSPS) is 16.7. The van der Waals surface area contributed by atoms with Crippen LogP contribution < -0.4 is 9.64 Å². The number of hydrogen-bond acceptors (Lipinski definition) is 5. The lowest BCUT2D eigenvalue weighted by atomic mass is 9.94. The van der Waals surface area contributed by atoms with E-state index in [1.54, 1.807) is 6.20 Å². The van der Waals surface area contributed by atoms with Crippen molar-refractivity contribution in [3.05, 3.63) is 47.2 Å². The van der Waals surface area contributed by atoms with E-state index in [-0.39, 0.29) is 17.6 Å². The summed E-state index contributed by atoms with van der Waals surface area (Å²) < 4.78 is 5.89. The molecule has 2 aliphatic heterocycles. The summed E-state index contributed by atoms with van der Waals surface area (Å²) in [4.78, 5) is 34.2. The number of rotatable bonds is 5. The van der Waals surface area contributed by atoms with Crippen molar-refractivity contribution in [2.75, 3.05) is 31.1 Å². The van der Waals surface area contributed by atoms with Crippen molar-refractivity contribution in [2.45, 2.75) is 47.0 Å². The minimum Gasteiger partial charge on any atom is -0.488 e. The lowest BCUT2D eigenvalue weighted by molar-refractivity contribution is 0.0696. The molecule has 1 fully saturated rings. The molecule has 170 valence electrons. The van der Waals surface area contributed by atoms with Gasteiger partial charge in [0.25, 0.3) is 5.91 Å². The topological polar surface area (TPSA) is 62.7 Å². The van der Waals surface area contributed by atoms with Crippen molar-refractivity contribution in [3.8, 4) is 5.75 Å². The summed E-state index contributed by atoms with van der Waals surface area (Å²) in [5, 5.41) is 0. The van der Waals surface area contributed by atoms with Gasteiger partial charge >= 0.3 is 0 Å². The average molecular weight is 436 g/mol. The number of ketones is 1. The van der Waals surface area contributed by atoms with E-state index < -0.39 is 0 Å². The first kappa shape index (κ1) is 22.3. The molecule has 1 aromatic heterocycles. The van der Waals surface area contributed by atoms with Crippen molar-refractivity contribution < 1.29 is 14.3 Å². The highest BCUT2D eigenvalue weighted by atomic mass is 16.5. The minimum atomic E-state index is -0.0315. The van der Waals surface area contributed by atoms with Crippen LogP contribution in [-0.2, 0) is 6.42 Å². The number of carbonyl (C=O) groups excluding carboxylic acids is 2. The molecule has 6 nitrogen and oxygen atoms in total. The second-order valence-electron chi connectivity index (χ2n) is 9.23. The van der Waals surface area contributed by atoms with Crippen LogP contribution in [-0.4, -0.2) is 47.8 Å². The third-order valence-electron chi connectivity index (χ3n) is 6.55. The van der Waals surface area contributed by atoms with Crippen LogP contribution in [0.1, 0.15) is 66.8 Å². The lowest BCUT2D eigenvalue weighted by Gasteiger charge is -2.32. The molecule has 0 radical (unpaired) electrons. The van der Waals surface area contributed by atoms with E-state index in [0.29, 0.717) is 36.2 Å². The number of piperidine rings is 1. The highest BCUT2D eigenvalue weighted by molar-refractivity contribution is 5.99. The Bertz CT molecular complexity index is 1010. The van der Waals surface area contributed by atoms with E-state index in [4.69, 9.17) is 4.74 Å². The number of fused-ring (bicyclic) bond motifs is 1. The Kier molecular flexibility index (Phi) is 6.49. The van der Waals surface area contributed by atoms with E-state index in [1.165, 1.54) is 0 Å². The zero-order valence-corrected chi connectivity index (χ0v) is 19.6. The molecule has 0 aliphatic carbocycles. The number of aromatic nitrogens is 1. The van der Waals surface area contributed by atoms with Crippen LogP contribution in [0.25, 0.3) is 0 Å². The Hall–Kier alpha value is -2.89. The predicted molar refractivity (Wildman–Crippen MR) is 126 cm³/mol. The Morgan fingerprint density at radius 3 is 2.59 bits per heavy atom.